The Morgan fingerprint density at radius 3 is 2.33 bits per heavy atom. The summed E-state index contributed by atoms with van der Waals surface area (Å²) in [5.41, 5.74) is 0. The van der Waals surface area contributed by atoms with Crippen LogP contribution in [-0.4, -0.2) is 24.8 Å². The molecule has 0 unspecified atom stereocenters. The summed E-state index contributed by atoms with van der Waals surface area (Å²) >= 11 is 0. The van der Waals surface area contributed by atoms with Gasteiger partial charge in [0.1, 0.15) is 0 Å². The smallest absolute Gasteiger partial charge is 0.0636 e. The predicted molar refractivity (Wildman–Crippen MR) is 25.6 cm³/mol. The number of aliphatic hydroxyl groups excluding tert-OH is 1. The van der Waals surface area contributed by atoms with Gasteiger partial charge in [-0.05, 0) is 14.0 Å². The minimum Gasteiger partial charge on any atom is -0.392 e. The van der Waals surface area contributed by atoms with Crippen LogP contribution in [-0.2, 0) is 0 Å². The van der Waals surface area contributed by atoms with Gasteiger partial charge in [-0.3, -0.25) is 0 Å². The summed E-state index contributed by atoms with van der Waals surface area (Å²) in [6, 6.07) is 0. The fourth-order valence-corrected chi connectivity index (χ4v) is 0.295. The third-order valence-corrected chi connectivity index (χ3v) is 0.500. The van der Waals surface area contributed by atoms with E-state index in [-0.39, 0.29) is 6.10 Å². The van der Waals surface area contributed by atoms with Gasteiger partial charge in [0.25, 0.3) is 0 Å². The maximum Gasteiger partial charge on any atom is 0.0636 e. The zero-order valence-corrected chi connectivity index (χ0v) is 4.23. The molecule has 0 bridgehead atoms. The van der Waals surface area contributed by atoms with E-state index < -0.39 is 0 Å². The summed E-state index contributed by atoms with van der Waals surface area (Å²) in [7, 11) is 1.81. The Kier molecular flexibility index (Phi) is 3.08. The first-order valence-corrected chi connectivity index (χ1v) is 2.10. The number of likely N-dealkylation sites (N-methyl/N-ethyl adjacent to an activating group) is 1. The molecule has 0 aliphatic carbocycles. The second kappa shape index (κ2) is 3.12. The summed E-state index contributed by atoms with van der Waals surface area (Å²) in [5.74, 6) is 0. The number of hydrogen-bond donors (Lipinski definition) is 2. The van der Waals surface area contributed by atoms with Gasteiger partial charge >= 0.3 is 0 Å². The van der Waals surface area contributed by atoms with Gasteiger partial charge in [-0.15, -0.1) is 0 Å². The molecule has 0 spiro atoms. The van der Waals surface area contributed by atoms with Crippen LogP contribution in [0, 0.1) is 0 Å². The van der Waals surface area contributed by atoms with Crippen molar-refractivity contribution in [2.75, 3.05) is 13.6 Å². The van der Waals surface area contributed by atoms with Crippen molar-refractivity contribution in [3.63, 3.8) is 0 Å². The summed E-state index contributed by atoms with van der Waals surface area (Å²) in [5, 5.41) is 11.3. The fraction of sp³-hybridized carbons (Fsp3) is 1.00. The van der Waals surface area contributed by atoms with Crippen LogP contribution in [0.4, 0.5) is 0 Å². The third kappa shape index (κ3) is 3.92. The average Bonchev–Trinajstić information content (AvgIpc) is 1.35. The predicted octanol–water partition coefficient (Wildman–Crippen LogP) is -0.413. The zero-order valence-electron chi connectivity index (χ0n) is 4.23. The highest BCUT2D eigenvalue weighted by Crippen LogP contribution is 1.69. The highest BCUT2D eigenvalue weighted by molar-refractivity contribution is 4.44. The Labute approximate surface area is 38.2 Å². The Morgan fingerprint density at radius 1 is 1.83 bits per heavy atom. The van der Waals surface area contributed by atoms with Crippen molar-refractivity contribution in [3.05, 3.63) is 0 Å². The van der Waals surface area contributed by atoms with E-state index in [0.717, 1.165) is 0 Å². The number of nitrogens with one attached hydrogen (secondary N) is 1. The summed E-state index contributed by atoms with van der Waals surface area (Å²) in [6.45, 7) is 2.43. The van der Waals surface area contributed by atoms with Crippen LogP contribution in [0.15, 0.2) is 0 Å². The number of aliphatic hydroxyl groups is 1. The van der Waals surface area contributed by atoms with Crippen LogP contribution in [0.25, 0.3) is 0 Å². The molecule has 0 fully saturated rings. The summed E-state index contributed by atoms with van der Waals surface area (Å²) in [4.78, 5) is 0. The molecule has 2 nitrogen and oxygen atoms in total. The lowest BCUT2D eigenvalue weighted by molar-refractivity contribution is 0.194. The lowest BCUT2D eigenvalue weighted by Crippen LogP contribution is -2.19. The molecule has 0 rings (SSSR count). The van der Waals surface area contributed by atoms with Crippen LogP contribution in [0.3, 0.4) is 0 Å². The molecule has 0 heterocycles. The molecule has 6 heavy (non-hydrogen) atoms. The Morgan fingerprint density at radius 2 is 2.33 bits per heavy atom. The van der Waals surface area contributed by atoms with Gasteiger partial charge in [-0.2, -0.15) is 0 Å². The second-order valence-corrected chi connectivity index (χ2v) is 1.41. The van der Waals surface area contributed by atoms with Crippen molar-refractivity contribution in [1.29, 1.82) is 0 Å². The Bertz CT molecular complexity index is 28.7. The van der Waals surface area contributed by atoms with E-state index in [2.05, 4.69) is 5.32 Å². The Balaban J connectivity index is 2.63. The van der Waals surface area contributed by atoms with Gasteiger partial charge in [0, 0.05) is 6.54 Å². The van der Waals surface area contributed by atoms with Gasteiger partial charge in [0.2, 0.25) is 0 Å². The first-order chi connectivity index (χ1) is 2.77. The van der Waals surface area contributed by atoms with E-state index in [1.165, 1.54) is 0 Å². The highest BCUT2D eigenvalue weighted by Gasteiger charge is 1.86. The molecule has 0 aliphatic rings. The van der Waals surface area contributed by atoms with Crippen LogP contribution in [0.2, 0.25) is 0 Å². The molecular weight excluding hydrogens is 78.0 g/mol. The number of rotatable bonds is 2. The standard InChI is InChI=1S/C4H11NO/c1-4(6)3-5-2/h4-6H,3H2,1-2H3/t4-/m1/s1. The van der Waals surface area contributed by atoms with Crippen molar-refractivity contribution >= 4 is 0 Å². The van der Waals surface area contributed by atoms with E-state index in [9.17, 15) is 0 Å². The first-order valence-electron chi connectivity index (χ1n) is 2.10. The van der Waals surface area contributed by atoms with Crippen molar-refractivity contribution in [3.8, 4) is 0 Å². The van der Waals surface area contributed by atoms with Crippen molar-refractivity contribution < 1.29 is 5.11 Å². The van der Waals surface area contributed by atoms with Crippen molar-refractivity contribution in [2.45, 2.75) is 13.0 Å². The molecule has 0 aromatic rings. The van der Waals surface area contributed by atoms with Gasteiger partial charge in [0.15, 0.2) is 0 Å². The van der Waals surface area contributed by atoms with Crippen LogP contribution in [0.5, 0.6) is 0 Å². The minimum atomic E-state index is -0.213. The van der Waals surface area contributed by atoms with Gasteiger partial charge in [0.05, 0.1) is 6.10 Å². The van der Waals surface area contributed by atoms with E-state index in [1.807, 2.05) is 7.05 Å². The summed E-state index contributed by atoms with van der Waals surface area (Å²) < 4.78 is 0. The van der Waals surface area contributed by atoms with E-state index in [4.69, 9.17) is 5.11 Å². The molecule has 0 radical (unpaired) electrons. The highest BCUT2D eigenvalue weighted by atomic mass is 16.3. The monoisotopic (exact) mass is 89.1 g/mol. The average molecular weight is 89.1 g/mol. The molecular formula is C4H11NO. The number of hydrogen-bond acceptors (Lipinski definition) is 2. The maximum absolute atomic E-state index is 8.49. The molecule has 0 aromatic heterocycles. The minimum absolute atomic E-state index is 0.213. The van der Waals surface area contributed by atoms with Gasteiger partial charge in [-0.1, -0.05) is 0 Å². The quantitative estimate of drug-likeness (QED) is 0.482. The fourth-order valence-electron chi connectivity index (χ4n) is 0.295. The van der Waals surface area contributed by atoms with Gasteiger partial charge in [-0.25, -0.2) is 0 Å². The topological polar surface area (TPSA) is 32.3 Å². The molecule has 0 saturated carbocycles. The molecule has 0 saturated heterocycles. The molecule has 2 heteroatoms. The SMILES string of the molecule is CNC[C@@H](C)O. The van der Waals surface area contributed by atoms with E-state index in [1.54, 1.807) is 6.92 Å². The molecule has 2 N–H and O–H groups in total. The summed E-state index contributed by atoms with van der Waals surface area (Å²) in [6.07, 6.45) is -0.213. The molecule has 0 amide bonds. The maximum atomic E-state index is 8.49. The van der Waals surface area contributed by atoms with Gasteiger partial charge < -0.3 is 10.4 Å². The van der Waals surface area contributed by atoms with Crippen LogP contribution >= 0.6 is 0 Å². The molecule has 0 aliphatic heterocycles. The third-order valence-electron chi connectivity index (χ3n) is 0.500. The molecule has 0 aromatic carbocycles. The zero-order chi connectivity index (χ0) is 4.99. The normalized spacial score (nSPS) is 14.5. The van der Waals surface area contributed by atoms with Crippen molar-refractivity contribution in [2.24, 2.45) is 0 Å². The Hall–Kier alpha value is -0.0800. The second-order valence-electron chi connectivity index (χ2n) is 1.41. The van der Waals surface area contributed by atoms with E-state index in [0.29, 0.717) is 6.54 Å². The van der Waals surface area contributed by atoms with Crippen molar-refractivity contribution in [1.82, 2.24) is 5.32 Å². The lowest BCUT2D eigenvalue weighted by Gasteiger charge is -1.97. The first kappa shape index (κ1) is 5.92. The molecule has 1 atom stereocenters. The van der Waals surface area contributed by atoms with E-state index >= 15 is 0 Å². The lowest BCUT2D eigenvalue weighted by atomic mass is 10.4. The van der Waals surface area contributed by atoms with Crippen LogP contribution < -0.4 is 5.32 Å². The largest absolute Gasteiger partial charge is 0.392 e. The molecule has 38 valence electrons. The van der Waals surface area contributed by atoms with Crippen LogP contribution in [0.1, 0.15) is 6.92 Å².